The van der Waals surface area contributed by atoms with E-state index in [-0.39, 0.29) is 0 Å². The van der Waals surface area contributed by atoms with Gasteiger partial charge in [-0.25, -0.2) is 15.4 Å². The Bertz CT molecular complexity index is 501. The summed E-state index contributed by atoms with van der Waals surface area (Å²) < 4.78 is 0. The van der Waals surface area contributed by atoms with Crippen LogP contribution in [0.1, 0.15) is 17.0 Å². The van der Waals surface area contributed by atoms with Crippen LogP contribution in [0.5, 0.6) is 0 Å². The lowest BCUT2D eigenvalue weighted by atomic mass is 10.3. The van der Waals surface area contributed by atoms with Crippen molar-refractivity contribution in [1.82, 2.24) is 15.0 Å². The molecule has 0 fully saturated rings. The van der Waals surface area contributed by atoms with Crippen LogP contribution in [0.3, 0.4) is 0 Å². The molecule has 0 aliphatic rings. The van der Waals surface area contributed by atoms with Crippen LogP contribution in [-0.4, -0.2) is 21.2 Å². The third-order valence-electron chi connectivity index (χ3n) is 2.04. The summed E-state index contributed by atoms with van der Waals surface area (Å²) in [5, 5.41) is 4.05. The molecule has 0 unspecified atom stereocenters. The predicted molar refractivity (Wildman–Crippen MR) is 67.0 cm³/mol. The average Bonchev–Trinajstić information content (AvgIpc) is 2.29. The summed E-state index contributed by atoms with van der Waals surface area (Å²) in [6, 6.07) is 5.69. The summed E-state index contributed by atoms with van der Waals surface area (Å²) in [6.45, 7) is 3.84. The first-order chi connectivity index (χ1) is 8.24. The molecule has 2 aromatic rings. The molecule has 0 amide bonds. The molecular formula is C12H13N5. The summed E-state index contributed by atoms with van der Waals surface area (Å²) in [5.74, 6) is 0.502. The van der Waals surface area contributed by atoms with E-state index in [2.05, 4.69) is 25.5 Å². The van der Waals surface area contributed by atoms with Crippen molar-refractivity contribution in [3.63, 3.8) is 0 Å². The fourth-order valence-electron chi connectivity index (χ4n) is 1.39. The lowest BCUT2D eigenvalue weighted by Gasteiger charge is -2.01. The van der Waals surface area contributed by atoms with Gasteiger partial charge < -0.3 is 0 Å². The highest BCUT2D eigenvalue weighted by molar-refractivity contribution is 5.79. The Kier molecular flexibility index (Phi) is 3.40. The van der Waals surface area contributed by atoms with Gasteiger partial charge in [0.2, 0.25) is 5.95 Å². The summed E-state index contributed by atoms with van der Waals surface area (Å²) in [7, 11) is 0. The SMILES string of the molecule is Cc1cc(C)nc(N/N=C\c2cccnc2)n1. The number of hydrogen-bond acceptors (Lipinski definition) is 5. The van der Waals surface area contributed by atoms with Gasteiger partial charge in [-0.1, -0.05) is 6.07 Å². The normalized spacial score (nSPS) is 10.7. The molecule has 0 spiro atoms. The first kappa shape index (κ1) is 11.2. The quantitative estimate of drug-likeness (QED) is 0.643. The number of aryl methyl sites for hydroxylation is 2. The minimum absolute atomic E-state index is 0.502. The van der Waals surface area contributed by atoms with Gasteiger partial charge in [0.15, 0.2) is 0 Å². The Balaban J connectivity index is 2.05. The summed E-state index contributed by atoms with van der Waals surface area (Å²) in [6.07, 6.45) is 5.12. The summed E-state index contributed by atoms with van der Waals surface area (Å²) in [5.41, 5.74) is 5.54. The molecule has 5 heteroatoms. The van der Waals surface area contributed by atoms with E-state index in [1.54, 1.807) is 18.6 Å². The van der Waals surface area contributed by atoms with Crippen LogP contribution >= 0.6 is 0 Å². The van der Waals surface area contributed by atoms with Gasteiger partial charge in [-0.15, -0.1) is 0 Å². The molecule has 2 rings (SSSR count). The molecule has 0 aliphatic carbocycles. The molecule has 0 atom stereocenters. The maximum atomic E-state index is 4.21. The molecule has 0 saturated heterocycles. The van der Waals surface area contributed by atoms with Gasteiger partial charge in [0.1, 0.15) is 0 Å². The first-order valence-corrected chi connectivity index (χ1v) is 5.25. The van der Waals surface area contributed by atoms with Crippen LogP contribution < -0.4 is 5.43 Å². The Hall–Kier alpha value is -2.30. The van der Waals surface area contributed by atoms with Crippen LogP contribution in [0.25, 0.3) is 0 Å². The molecule has 0 aliphatic heterocycles. The van der Waals surface area contributed by atoms with E-state index < -0.39 is 0 Å². The van der Waals surface area contributed by atoms with Crippen LogP contribution in [0.2, 0.25) is 0 Å². The van der Waals surface area contributed by atoms with Crippen molar-refractivity contribution < 1.29 is 0 Å². The van der Waals surface area contributed by atoms with Crippen molar-refractivity contribution in [2.24, 2.45) is 5.10 Å². The molecule has 17 heavy (non-hydrogen) atoms. The standard InChI is InChI=1S/C12H13N5/c1-9-6-10(2)16-12(15-9)17-14-8-11-4-3-5-13-7-11/h3-8H,1-2H3,(H,15,16,17)/b14-8-. The molecular weight excluding hydrogens is 214 g/mol. The fraction of sp³-hybridized carbons (Fsp3) is 0.167. The number of aromatic nitrogens is 3. The molecule has 1 N–H and O–H groups in total. The van der Waals surface area contributed by atoms with Crippen LogP contribution in [-0.2, 0) is 0 Å². The average molecular weight is 227 g/mol. The van der Waals surface area contributed by atoms with Crippen molar-refractivity contribution >= 4 is 12.2 Å². The second-order valence-corrected chi connectivity index (χ2v) is 3.63. The van der Waals surface area contributed by atoms with Crippen LogP contribution in [0.4, 0.5) is 5.95 Å². The topological polar surface area (TPSA) is 63.1 Å². The minimum atomic E-state index is 0.502. The van der Waals surface area contributed by atoms with E-state index in [0.717, 1.165) is 17.0 Å². The third kappa shape index (κ3) is 3.34. The lowest BCUT2D eigenvalue weighted by Crippen LogP contribution is -1.99. The van der Waals surface area contributed by atoms with Gasteiger partial charge in [0.25, 0.3) is 0 Å². The molecule has 0 bridgehead atoms. The number of hydrogen-bond donors (Lipinski definition) is 1. The smallest absolute Gasteiger partial charge is 0.243 e. The zero-order valence-electron chi connectivity index (χ0n) is 9.75. The predicted octanol–water partition coefficient (Wildman–Crippen LogP) is 1.93. The van der Waals surface area contributed by atoms with Crippen LogP contribution in [0.15, 0.2) is 35.7 Å². The Morgan fingerprint density at radius 3 is 2.65 bits per heavy atom. The number of rotatable bonds is 3. The maximum absolute atomic E-state index is 4.21. The van der Waals surface area contributed by atoms with Crippen molar-refractivity contribution in [2.45, 2.75) is 13.8 Å². The number of nitrogens with zero attached hydrogens (tertiary/aromatic N) is 4. The molecule has 0 radical (unpaired) electrons. The zero-order chi connectivity index (χ0) is 12.1. The van der Waals surface area contributed by atoms with Crippen LogP contribution in [0, 0.1) is 13.8 Å². The summed E-state index contributed by atoms with van der Waals surface area (Å²) in [4.78, 5) is 12.4. The highest BCUT2D eigenvalue weighted by atomic mass is 15.3. The van der Waals surface area contributed by atoms with Gasteiger partial charge >= 0.3 is 0 Å². The van der Waals surface area contributed by atoms with E-state index >= 15 is 0 Å². The van der Waals surface area contributed by atoms with Gasteiger partial charge in [0, 0.05) is 29.3 Å². The number of anilines is 1. The van der Waals surface area contributed by atoms with Gasteiger partial charge in [-0.05, 0) is 26.0 Å². The fourth-order valence-corrected chi connectivity index (χ4v) is 1.39. The monoisotopic (exact) mass is 227 g/mol. The molecule has 86 valence electrons. The van der Waals surface area contributed by atoms with Crippen molar-refractivity contribution in [3.05, 3.63) is 47.5 Å². The highest BCUT2D eigenvalue weighted by Gasteiger charge is 1.96. The Morgan fingerprint density at radius 2 is 2.00 bits per heavy atom. The second kappa shape index (κ2) is 5.16. The van der Waals surface area contributed by atoms with Gasteiger partial charge in [0.05, 0.1) is 6.21 Å². The third-order valence-corrected chi connectivity index (χ3v) is 2.04. The molecule has 2 heterocycles. The Labute approximate surface area is 99.7 Å². The second-order valence-electron chi connectivity index (χ2n) is 3.63. The summed E-state index contributed by atoms with van der Waals surface area (Å²) >= 11 is 0. The molecule has 0 saturated carbocycles. The number of pyridine rings is 1. The van der Waals surface area contributed by atoms with Gasteiger partial charge in [-0.3, -0.25) is 4.98 Å². The van der Waals surface area contributed by atoms with Crippen molar-refractivity contribution in [2.75, 3.05) is 5.43 Å². The van der Waals surface area contributed by atoms with Crippen molar-refractivity contribution in [1.29, 1.82) is 0 Å². The van der Waals surface area contributed by atoms with Crippen molar-refractivity contribution in [3.8, 4) is 0 Å². The minimum Gasteiger partial charge on any atom is -0.264 e. The van der Waals surface area contributed by atoms with E-state index in [0.29, 0.717) is 5.95 Å². The lowest BCUT2D eigenvalue weighted by molar-refractivity contribution is 1.04. The van der Waals surface area contributed by atoms with E-state index in [1.807, 2.05) is 32.0 Å². The zero-order valence-corrected chi connectivity index (χ0v) is 9.75. The maximum Gasteiger partial charge on any atom is 0.243 e. The molecule has 0 aromatic carbocycles. The van der Waals surface area contributed by atoms with E-state index in [9.17, 15) is 0 Å². The first-order valence-electron chi connectivity index (χ1n) is 5.25. The highest BCUT2D eigenvalue weighted by Crippen LogP contribution is 2.03. The number of nitrogens with one attached hydrogen (secondary N) is 1. The molecule has 2 aromatic heterocycles. The largest absolute Gasteiger partial charge is 0.264 e. The number of hydrazone groups is 1. The van der Waals surface area contributed by atoms with Gasteiger partial charge in [-0.2, -0.15) is 5.10 Å². The Morgan fingerprint density at radius 1 is 1.24 bits per heavy atom. The van der Waals surface area contributed by atoms with E-state index in [4.69, 9.17) is 0 Å². The van der Waals surface area contributed by atoms with E-state index in [1.165, 1.54) is 0 Å². The molecule has 5 nitrogen and oxygen atoms in total.